The van der Waals surface area contributed by atoms with E-state index in [1.807, 2.05) is 30.3 Å². The van der Waals surface area contributed by atoms with E-state index in [1.54, 1.807) is 24.4 Å². The summed E-state index contributed by atoms with van der Waals surface area (Å²) in [4.78, 5) is 16.4. The predicted octanol–water partition coefficient (Wildman–Crippen LogP) is 3.43. The van der Waals surface area contributed by atoms with Crippen LogP contribution in [0, 0.1) is 5.82 Å². The topological polar surface area (TPSA) is 94.8 Å². The molecule has 0 fully saturated rings. The maximum Gasteiger partial charge on any atom is 0.248 e. The minimum atomic E-state index is -0.562. The van der Waals surface area contributed by atoms with Crippen LogP contribution in [0.15, 0.2) is 79.3 Å². The fourth-order valence-corrected chi connectivity index (χ4v) is 2.69. The van der Waals surface area contributed by atoms with Crippen LogP contribution in [0.3, 0.4) is 0 Å². The molecule has 9 heteroatoms. The molecule has 0 aliphatic heterocycles. The number of rotatable bonds is 7. The van der Waals surface area contributed by atoms with Crippen molar-refractivity contribution in [1.29, 1.82) is 0 Å². The van der Waals surface area contributed by atoms with Gasteiger partial charge in [0.1, 0.15) is 24.5 Å². The SMILES string of the molecule is O=C(C=Cc1ccc(OCc2ccccn2)cc1)Nc1cc(-n2cnnn2)ccc1F. The van der Waals surface area contributed by atoms with Gasteiger partial charge in [0.15, 0.2) is 0 Å². The second-order valence-corrected chi connectivity index (χ2v) is 6.42. The number of aromatic nitrogens is 5. The van der Waals surface area contributed by atoms with Crippen LogP contribution in [0.4, 0.5) is 10.1 Å². The number of hydrogen-bond acceptors (Lipinski definition) is 6. The molecular formula is C22H17FN6O2. The largest absolute Gasteiger partial charge is 0.487 e. The van der Waals surface area contributed by atoms with E-state index >= 15 is 0 Å². The van der Waals surface area contributed by atoms with Crippen LogP contribution in [0.1, 0.15) is 11.3 Å². The van der Waals surface area contributed by atoms with Crippen molar-refractivity contribution in [1.82, 2.24) is 25.2 Å². The first-order chi connectivity index (χ1) is 15.2. The number of benzene rings is 2. The first kappa shape index (κ1) is 19.9. The minimum absolute atomic E-state index is 0.0286. The molecule has 2 aromatic heterocycles. The Morgan fingerprint density at radius 2 is 2.00 bits per heavy atom. The van der Waals surface area contributed by atoms with Gasteiger partial charge < -0.3 is 10.1 Å². The molecule has 4 rings (SSSR count). The van der Waals surface area contributed by atoms with E-state index in [0.29, 0.717) is 18.0 Å². The molecule has 0 saturated heterocycles. The molecule has 2 aromatic carbocycles. The highest BCUT2D eigenvalue weighted by molar-refractivity contribution is 6.02. The Morgan fingerprint density at radius 3 is 2.74 bits per heavy atom. The molecule has 8 nitrogen and oxygen atoms in total. The summed E-state index contributed by atoms with van der Waals surface area (Å²) in [5.74, 6) is -0.343. The van der Waals surface area contributed by atoms with Gasteiger partial charge in [-0.25, -0.2) is 9.07 Å². The van der Waals surface area contributed by atoms with E-state index in [1.165, 1.54) is 35.3 Å². The Bertz CT molecular complexity index is 1180. The van der Waals surface area contributed by atoms with E-state index in [2.05, 4.69) is 25.8 Å². The van der Waals surface area contributed by atoms with Crippen molar-refractivity contribution in [3.05, 3.63) is 96.3 Å². The monoisotopic (exact) mass is 416 g/mol. The van der Waals surface area contributed by atoms with E-state index in [9.17, 15) is 9.18 Å². The maximum atomic E-state index is 14.1. The molecule has 0 atom stereocenters. The van der Waals surface area contributed by atoms with Crippen LogP contribution >= 0.6 is 0 Å². The molecule has 1 amide bonds. The van der Waals surface area contributed by atoms with Gasteiger partial charge in [0.25, 0.3) is 0 Å². The molecule has 0 unspecified atom stereocenters. The average molecular weight is 416 g/mol. The van der Waals surface area contributed by atoms with Crippen molar-refractivity contribution in [2.24, 2.45) is 0 Å². The molecule has 0 saturated carbocycles. The van der Waals surface area contributed by atoms with Crippen molar-refractivity contribution in [3.8, 4) is 11.4 Å². The van der Waals surface area contributed by atoms with Crippen molar-refractivity contribution in [3.63, 3.8) is 0 Å². The van der Waals surface area contributed by atoms with Gasteiger partial charge in [0, 0.05) is 12.3 Å². The Hall–Kier alpha value is -4.40. The Kier molecular flexibility index (Phi) is 6.03. The molecule has 2 heterocycles. The van der Waals surface area contributed by atoms with Gasteiger partial charge in [-0.15, -0.1) is 5.10 Å². The fraction of sp³-hybridized carbons (Fsp3) is 0.0455. The molecular weight excluding hydrogens is 399 g/mol. The number of tetrazole rings is 1. The zero-order valence-corrected chi connectivity index (χ0v) is 16.2. The highest BCUT2D eigenvalue weighted by Crippen LogP contribution is 2.19. The number of carbonyl (C=O) groups is 1. The molecule has 0 spiro atoms. The summed E-state index contributed by atoms with van der Waals surface area (Å²) in [6, 6.07) is 17.1. The fourth-order valence-electron chi connectivity index (χ4n) is 2.69. The number of amides is 1. The van der Waals surface area contributed by atoms with Crippen LogP contribution < -0.4 is 10.1 Å². The van der Waals surface area contributed by atoms with Crippen LogP contribution in [-0.4, -0.2) is 31.1 Å². The summed E-state index contributed by atoms with van der Waals surface area (Å²) in [5.41, 5.74) is 2.18. The van der Waals surface area contributed by atoms with Crippen molar-refractivity contribution < 1.29 is 13.9 Å². The zero-order valence-electron chi connectivity index (χ0n) is 16.2. The minimum Gasteiger partial charge on any atom is -0.487 e. The molecule has 31 heavy (non-hydrogen) atoms. The quantitative estimate of drug-likeness (QED) is 0.464. The Labute approximate surface area is 177 Å². The van der Waals surface area contributed by atoms with Crippen LogP contribution in [0.25, 0.3) is 11.8 Å². The van der Waals surface area contributed by atoms with Gasteiger partial charge in [0.05, 0.1) is 17.1 Å². The van der Waals surface area contributed by atoms with E-state index in [4.69, 9.17) is 4.74 Å². The van der Waals surface area contributed by atoms with Gasteiger partial charge in [-0.1, -0.05) is 18.2 Å². The van der Waals surface area contributed by atoms with E-state index in [-0.39, 0.29) is 5.69 Å². The standard InChI is InChI=1S/C22H17FN6O2/c23-20-10-7-18(29-15-25-27-28-29)13-21(20)26-22(30)11-6-16-4-8-19(9-5-16)31-14-17-3-1-2-12-24-17/h1-13,15H,14H2,(H,26,30). The van der Waals surface area contributed by atoms with Crippen molar-refractivity contribution in [2.75, 3.05) is 5.32 Å². The first-order valence-electron chi connectivity index (χ1n) is 9.32. The number of anilines is 1. The molecule has 0 aliphatic rings. The molecule has 0 aliphatic carbocycles. The number of halogens is 1. The van der Waals surface area contributed by atoms with Gasteiger partial charge in [-0.3, -0.25) is 9.78 Å². The maximum absolute atomic E-state index is 14.1. The Morgan fingerprint density at radius 1 is 1.13 bits per heavy atom. The van der Waals surface area contributed by atoms with Gasteiger partial charge in [0.2, 0.25) is 5.91 Å². The third-order valence-corrected chi connectivity index (χ3v) is 4.24. The first-order valence-corrected chi connectivity index (χ1v) is 9.32. The molecule has 0 bridgehead atoms. The smallest absolute Gasteiger partial charge is 0.248 e. The lowest BCUT2D eigenvalue weighted by Gasteiger charge is -2.07. The number of carbonyl (C=O) groups excluding carboxylic acids is 1. The lowest BCUT2D eigenvalue weighted by molar-refractivity contribution is -0.111. The molecule has 1 N–H and O–H groups in total. The van der Waals surface area contributed by atoms with Crippen LogP contribution in [0.5, 0.6) is 5.75 Å². The highest BCUT2D eigenvalue weighted by Gasteiger charge is 2.08. The van der Waals surface area contributed by atoms with E-state index in [0.717, 1.165) is 11.3 Å². The van der Waals surface area contributed by atoms with Gasteiger partial charge in [-0.2, -0.15) is 0 Å². The van der Waals surface area contributed by atoms with Crippen LogP contribution in [-0.2, 0) is 11.4 Å². The van der Waals surface area contributed by atoms with Crippen LogP contribution in [0.2, 0.25) is 0 Å². The zero-order chi connectivity index (χ0) is 21.5. The predicted molar refractivity (Wildman–Crippen MR) is 112 cm³/mol. The molecule has 154 valence electrons. The lowest BCUT2D eigenvalue weighted by atomic mass is 10.2. The van der Waals surface area contributed by atoms with Crippen molar-refractivity contribution in [2.45, 2.75) is 6.61 Å². The number of pyridine rings is 1. The summed E-state index contributed by atoms with van der Waals surface area (Å²) in [5, 5.41) is 13.3. The normalized spacial score (nSPS) is 10.9. The molecule has 4 aromatic rings. The van der Waals surface area contributed by atoms with Gasteiger partial charge >= 0.3 is 0 Å². The number of nitrogens with one attached hydrogen (secondary N) is 1. The Balaban J connectivity index is 1.35. The third-order valence-electron chi connectivity index (χ3n) is 4.24. The summed E-state index contributed by atoms with van der Waals surface area (Å²) in [6.45, 7) is 0.369. The average Bonchev–Trinajstić information content (AvgIpc) is 3.34. The number of hydrogen-bond donors (Lipinski definition) is 1. The third kappa shape index (κ3) is 5.36. The summed E-state index contributed by atoms with van der Waals surface area (Å²) in [6.07, 6.45) is 6.04. The second kappa shape index (κ2) is 9.40. The number of ether oxygens (including phenoxy) is 1. The second-order valence-electron chi connectivity index (χ2n) is 6.42. The summed E-state index contributed by atoms with van der Waals surface area (Å²) in [7, 11) is 0. The molecule has 0 radical (unpaired) electrons. The highest BCUT2D eigenvalue weighted by atomic mass is 19.1. The van der Waals surface area contributed by atoms with Gasteiger partial charge in [-0.05, 0) is 64.5 Å². The van der Waals surface area contributed by atoms with E-state index < -0.39 is 11.7 Å². The lowest BCUT2D eigenvalue weighted by Crippen LogP contribution is -2.10. The summed E-state index contributed by atoms with van der Waals surface area (Å²) < 4.78 is 21.1. The van der Waals surface area contributed by atoms with Crippen molar-refractivity contribution >= 4 is 17.7 Å². The number of nitrogens with zero attached hydrogens (tertiary/aromatic N) is 5. The summed E-state index contributed by atoms with van der Waals surface area (Å²) >= 11 is 0.